The Morgan fingerprint density at radius 2 is 1.89 bits per heavy atom. The van der Waals surface area contributed by atoms with Gasteiger partial charge in [-0.05, 0) is 47.7 Å². The highest BCUT2D eigenvalue weighted by Crippen LogP contribution is 2.40. The normalized spacial score (nSPS) is 12.0. The number of carbonyl (C=O) groups excluding carboxylic acids is 1. The van der Waals surface area contributed by atoms with E-state index in [2.05, 4.69) is 35.7 Å². The first-order chi connectivity index (χ1) is 13.3. The number of benzene rings is 2. The molecular formula is C22H18N2OS2. The van der Waals surface area contributed by atoms with E-state index in [0.29, 0.717) is 12.2 Å². The first-order valence-corrected chi connectivity index (χ1v) is 10.7. The minimum atomic E-state index is -0.0692. The maximum Gasteiger partial charge on any atom is 0.265 e. The van der Waals surface area contributed by atoms with Crippen molar-refractivity contribution in [1.82, 2.24) is 0 Å². The molecule has 0 spiro atoms. The molecule has 0 aliphatic heterocycles. The summed E-state index contributed by atoms with van der Waals surface area (Å²) < 4.78 is 0. The SMILES string of the molecule is N#CCCSc1ccccc1NC(=O)c1cc2c(s1)-c1ccccc1CC2. The minimum Gasteiger partial charge on any atom is -0.320 e. The van der Waals surface area contributed by atoms with Crippen molar-refractivity contribution in [1.29, 1.82) is 5.26 Å². The molecule has 1 aliphatic carbocycles. The van der Waals surface area contributed by atoms with Crippen LogP contribution in [0.4, 0.5) is 5.69 Å². The van der Waals surface area contributed by atoms with Gasteiger partial charge in [0.05, 0.1) is 16.6 Å². The molecule has 27 heavy (non-hydrogen) atoms. The Morgan fingerprint density at radius 3 is 2.78 bits per heavy atom. The molecule has 3 aromatic rings. The van der Waals surface area contributed by atoms with E-state index in [1.807, 2.05) is 30.3 Å². The lowest BCUT2D eigenvalue weighted by atomic mass is 9.91. The number of amides is 1. The zero-order valence-corrected chi connectivity index (χ0v) is 16.3. The van der Waals surface area contributed by atoms with Gasteiger partial charge in [0.2, 0.25) is 0 Å². The average molecular weight is 391 g/mol. The van der Waals surface area contributed by atoms with Gasteiger partial charge in [0, 0.05) is 21.9 Å². The van der Waals surface area contributed by atoms with Crippen LogP contribution in [-0.4, -0.2) is 11.7 Å². The fraction of sp³-hybridized carbons (Fsp3) is 0.182. The van der Waals surface area contributed by atoms with Crippen LogP contribution in [0.1, 0.15) is 27.2 Å². The Balaban J connectivity index is 1.56. The summed E-state index contributed by atoms with van der Waals surface area (Å²) in [5.41, 5.74) is 4.69. The molecule has 3 nitrogen and oxygen atoms in total. The molecule has 0 bridgehead atoms. The molecule has 134 valence electrons. The van der Waals surface area contributed by atoms with Crippen LogP contribution in [0.15, 0.2) is 59.5 Å². The summed E-state index contributed by atoms with van der Waals surface area (Å²) in [6.07, 6.45) is 2.50. The molecule has 1 aromatic heterocycles. The van der Waals surface area contributed by atoms with Crippen LogP contribution >= 0.6 is 23.1 Å². The van der Waals surface area contributed by atoms with Gasteiger partial charge < -0.3 is 5.32 Å². The largest absolute Gasteiger partial charge is 0.320 e. The number of thioether (sulfide) groups is 1. The summed E-state index contributed by atoms with van der Waals surface area (Å²) in [6, 6.07) is 20.4. The number of thiophene rings is 1. The van der Waals surface area contributed by atoms with Crippen molar-refractivity contribution in [3.63, 3.8) is 0 Å². The fourth-order valence-electron chi connectivity index (χ4n) is 3.27. The first kappa shape index (κ1) is 17.8. The summed E-state index contributed by atoms with van der Waals surface area (Å²) in [6.45, 7) is 0. The molecule has 4 rings (SSSR count). The Labute approximate surface area is 167 Å². The number of carbonyl (C=O) groups is 1. The van der Waals surface area contributed by atoms with E-state index in [1.165, 1.54) is 21.6 Å². The number of hydrogen-bond donors (Lipinski definition) is 1. The molecule has 2 aromatic carbocycles. The van der Waals surface area contributed by atoms with Gasteiger partial charge in [0.15, 0.2) is 0 Å². The average Bonchev–Trinajstić information content (AvgIpc) is 3.14. The molecular weight excluding hydrogens is 372 g/mol. The molecule has 0 atom stereocenters. The van der Waals surface area contributed by atoms with Crippen molar-refractivity contribution in [2.45, 2.75) is 24.2 Å². The maximum absolute atomic E-state index is 12.9. The number of fused-ring (bicyclic) bond motifs is 3. The van der Waals surface area contributed by atoms with E-state index in [-0.39, 0.29) is 5.91 Å². The van der Waals surface area contributed by atoms with Crippen LogP contribution in [-0.2, 0) is 12.8 Å². The zero-order valence-electron chi connectivity index (χ0n) is 14.7. The summed E-state index contributed by atoms with van der Waals surface area (Å²) in [7, 11) is 0. The predicted molar refractivity (Wildman–Crippen MR) is 113 cm³/mol. The molecule has 1 N–H and O–H groups in total. The second-order valence-electron chi connectivity index (χ2n) is 6.33. The van der Waals surface area contributed by atoms with Gasteiger partial charge in [-0.2, -0.15) is 5.26 Å². The third kappa shape index (κ3) is 3.78. The smallest absolute Gasteiger partial charge is 0.265 e. The second-order valence-corrected chi connectivity index (χ2v) is 8.52. The molecule has 0 saturated carbocycles. The van der Waals surface area contributed by atoms with Crippen LogP contribution in [0.2, 0.25) is 0 Å². The number of nitrogens with zero attached hydrogens (tertiary/aromatic N) is 1. The lowest BCUT2D eigenvalue weighted by molar-refractivity contribution is 0.103. The highest BCUT2D eigenvalue weighted by Gasteiger charge is 2.21. The van der Waals surface area contributed by atoms with Crippen molar-refractivity contribution in [3.05, 3.63) is 70.6 Å². The lowest BCUT2D eigenvalue weighted by Gasteiger charge is -2.15. The van der Waals surface area contributed by atoms with E-state index >= 15 is 0 Å². The van der Waals surface area contributed by atoms with E-state index < -0.39 is 0 Å². The number of hydrogen-bond acceptors (Lipinski definition) is 4. The highest BCUT2D eigenvalue weighted by molar-refractivity contribution is 7.99. The van der Waals surface area contributed by atoms with Gasteiger partial charge in [-0.15, -0.1) is 23.1 Å². The van der Waals surface area contributed by atoms with Gasteiger partial charge >= 0.3 is 0 Å². The summed E-state index contributed by atoms with van der Waals surface area (Å²) in [5, 5.41) is 11.8. The quantitative estimate of drug-likeness (QED) is 0.444. The molecule has 1 heterocycles. The summed E-state index contributed by atoms with van der Waals surface area (Å²) in [4.78, 5) is 15.8. The summed E-state index contributed by atoms with van der Waals surface area (Å²) >= 11 is 3.16. The molecule has 1 aliphatic rings. The minimum absolute atomic E-state index is 0.0692. The van der Waals surface area contributed by atoms with Crippen LogP contribution in [0, 0.1) is 11.3 Å². The number of para-hydroxylation sites is 1. The van der Waals surface area contributed by atoms with Crippen LogP contribution in [0.3, 0.4) is 0 Å². The topological polar surface area (TPSA) is 52.9 Å². The van der Waals surface area contributed by atoms with Crippen LogP contribution in [0.5, 0.6) is 0 Å². The number of rotatable bonds is 5. The van der Waals surface area contributed by atoms with Gasteiger partial charge in [0.1, 0.15) is 0 Å². The monoisotopic (exact) mass is 390 g/mol. The third-order valence-corrected chi connectivity index (χ3v) is 6.85. The first-order valence-electron chi connectivity index (χ1n) is 8.87. The van der Waals surface area contributed by atoms with Crippen molar-refractivity contribution in [2.75, 3.05) is 11.1 Å². The van der Waals surface area contributed by atoms with Crippen LogP contribution < -0.4 is 5.32 Å². The third-order valence-electron chi connectivity index (χ3n) is 4.57. The van der Waals surface area contributed by atoms with Gasteiger partial charge in [-0.3, -0.25) is 4.79 Å². The Morgan fingerprint density at radius 1 is 1.11 bits per heavy atom. The maximum atomic E-state index is 12.9. The van der Waals surface area contributed by atoms with E-state index in [4.69, 9.17) is 5.26 Å². The molecule has 0 fully saturated rings. The Hall–Kier alpha value is -2.55. The zero-order chi connectivity index (χ0) is 18.6. The van der Waals surface area contributed by atoms with E-state index in [9.17, 15) is 4.79 Å². The van der Waals surface area contributed by atoms with Gasteiger partial charge in [-0.1, -0.05) is 36.4 Å². The van der Waals surface area contributed by atoms with E-state index in [1.54, 1.807) is 23.1 Å². The Kier molecular flexibility index (Phi) is 5.28. The standard InChI is InChI=1S/C22H18N2OS2/c23-12-5-13-26-19-9-4-3-8-18(19)24-22(25)20-14-16-11-10-15-6-1-2-7-17(15)21(16)27-20/h1-4,6-9,14H,5,10-11,13H2,(H,24,25). The van der Waals surface area contributed by atoms with Crippen molar-refractivity contribution in [3.8, 4) is 16.5 Å². The molecule has 0 unspecified atom stereocenters. The van der Waals surface area contributed by atoms with Gasteiger partial charge in [-0.25, -0.2) is 0 Å². The molecule has 0 radical (unpaired) electrons. The van der Waals surface area contributed by atoms with Crippen molar-refractivity contribution in [2.24, 2.45) is 0 Å². The molecule has 0 saturated heterocycles. The van der Waals surface area contributed by atoms with Gasteiger partial charge in [0.25, 0.3) is 5.91 Å². The molecule has 1 amide bonds. The summed E-state index contributed by atoms with van der Waals surface area (Å²) in [5.74, 6) is 0.646. The van der Waals surface area contributed by atoms with Crippen LogP contribution in [0.25, 0.3) is 10.4 Å². The lowest BCUT2D eigenvalue weighted by Crippen LogP contribution is -2.10. The van der Waals surface area contributed by atoms with Crippen molar-refractivity contribution >= 4 is 34.7 Å². The number of nitriles is 1. The number of aryl methyl sites for hydroxylation is 2. The highest BCUT2D eigenvalue weighted by atomic mass is 32.2. The van der Waals surface area contributed by atoms with E-state index in [0.717, 1.165) is 28.3 Å². The fourth-order valence-corrected chi connectivity index (χ4v) is 5.30. The second kappa shape index (κ2) is 7.99. The molecule has 5 heteroatoms. The Bertz CT molecular complexity index is 1030. The predicted octanol–water partition coefficient (Wildman–Crippen LogP) is 5.77. The number of anilines is 1. The number of nitrogens with one attached hydrogen (secondary N) is 1. The van der Waals surface area contributed by atoms with Crippen molar-refractivity contribution < 1.29 is 4.79 Å².